The Morgan fingerprint density at radius 2 is 1.77 bits per heavy atom. The third kappa shape index (κ3) is 3.11. The number of aromatic nitrogens is 1. The Morgan fingerprint density at radius 1 is 1.05 bits per heavy atom. The largest absolute Gasteiger partial charge is 0.481 e. The summed E-state index contributed by atoms with van der Waals surface area (Å²) in [6, 6.07) is 19.5. The van der Waals surface area contributed by atoms with E-state index in [1.54, 1.807) is 0 Å². The maximum atomic E-state index is 10.9. The summed E-state index contributed by atoms with van der Waals surface area (Å²) in [5.41, 5.74) is 1.04. The van der Waals surface area contributed by atoms with Gasteiger partial charge in [0.25, 0.3) is 0 Å². The number of carboxylic acids is 1. The van der Waals surface area contributed by atoms with Gasteiger partial charge in [-0.3, -0.25) is 4.79 Å². The van der Waals surface area contributed by atoms with Gasteiger partial charge in [-0.1, -0.05) is 36.4 Å². The maximum Gasteiger partial charge on any atom is 0.303 e. The van der Waals surface area contributed by atoms with Gasteiger partial charge in [0.15, 0.2) is 6.23 Å². The van der Waals surface area contributed by atoms with E-state index >= 15 is 0 Å². The third-order valence-corrected chi connectivity index (χ3v) is 3.56. The Hall–Kier alpha value is -2.75. The molecule has 0 amide bonds. The molecule has 1 aromatic heterocycles. The van der Waals surface area contributed by atoms with E-state index in [0.717, 1.165) is 16.7 Å². The molecule has 0 spiro atoms. The standard InChI is InChI=1S/C18H17NO3/c20-18(21)11-10-17(22-15-7-2-1-3-8-15)19-13-12-14-6-4-5-9-16(14)19/h1-9,12-13,17H,10-11H2,(H,20,21). The van der Waals surface area contributed by atoms with Gasteiger partial charge in [0.1, 0.15) is 5.75 Å². The first-order valence-corrected chi connectivity index (χ1v) is 7.23. The Morgan fingerprint density at radius 3 is 2.55 bits per heavy atom. The molecule has 1 unspecified atom stereocenters. The van der Waals surface area contributed by atoms with Crippen LogP contribution in [-0.2, 0) is 4.79 Å². The van der Waals surface area contributed by atoms with Crippen molar-refractivity contribution in [1.82, 2.24) is 4.57 Å². The second kappa shape index (κ2) is 6.35. The summed E-state index contributed by atoms with van der Waals surface area (Å²) in [6.45, 7) is 0. The second-order valence-corrected chi connectivity index (χ2v) is 5.10. The number of nitrogens with zero attached hydrogens (tertiary/aromatic N) is 1. The lowest BCUT2D eigenvalue weighted by molar-refractivity contribution is -0.137. The van der Waals surface area contributed by atoms with E-state index in [2.05, 4.69) is 0 Å². The lowest BCUT2D eigenvalue weighted by Crippen LogP contribution is -2.16. The van der Waals surface area contributed by atoms with Gasteiger partial charge < -0.3 is 14.4 Å². The van der Waals surface area contributed by atoms with Crippen LogP contribution in [0.4, 0.5) is 0 Å². The summed E-state index contributed by atoms with van der Waals surface area (Å²) < 4.78 is 8.01. The van der Waals surface area contributed by atoms with Gasteiger partial charge in [-0.25, -0.2) is 0 Å². The number of benzene rings is 2. The van der Waals surface area contributed by atoms with Crippen molar-refractivity contribution in [2.75, 3.05) is 0 Å². The summed E-state index contributed by atoms with van der Waals surface area (Å²) in [4.78, 5) is 10.9. The van der Waals surface area contributed by atoms with Crippen LogP contribution in [0.3, 0.4) is 0 Å². The number of para-hydroxylation sites is 2. The van der Waals surface area contributed by atoms with Crippen molar-refractivity contribution < 1.29 is 14.6 Å². The average Bonchev–Trinajstić information content (AvgIpc) is 2.96. The molecule has 0 bridgehead atoms. The molecule has 1 N–H and O–H groups in total. The monoisotopic (exact) mass is 295 g/mol. The predicted octanol–water partition coefficient (Wildman–Crippen LogP) is 4.08. The fourth-order valence-corrected chi connectivity index (χ4v) is 2.51. The zero-order valence-corrected chi connectivity index (χ0v) is 12.1. The first kappa shape index (κ1) is 14.2. The van der Waals surface area contributed by atoms with Crippen LogP contribution >= 0.6 is 0 Å². The Balaban J connectivity index is 1.92. The van der Waals surface area contributed by atoms with E-state index in [0.29, 0.717) is 6.42 Å². The molecule has 2 aromatic carbocycles. The summed E-state index contributed by atoms with van der Waals surface area (Å²) in [5.74, 6) is -0.0891. The van der Waals surface area contributed by atoms with Crippen molar-refractivity contribution in [3.05, 3.63) is 66.9 Å². The minimum absolute atomic E-state index is 0.0595. The van der Waals surface area contributed by atoms with E-state index < -0.39 is 5.97 Å². The fraction of sp³-hybridized carbons (Fsp3) is 0.167. The lowest BCUT2D eigenvalue weighted by Gasteiger charge is -2.21. The van der Waals surface area contributed by atoms with E-state index in [4.69, 9.17) is 9.84 Å². The molecule has 4 heteroatoms. The van der Waals surface area contributed by atoms with Crippen LogP contribution in [0.2, 0.25) is 0 Å². The van der Waals surface area contributed by atoms with Crippen LogP contribution < -0.4 is 4.74 Å². The molecule has 1 heterocycles. The molecule has 0 fully saturated rings. The van der Waals surface area contributed by atoms with Gasteiger partial charge in [0.05, 0.1) is 11.9 Å². The normalized spacial score (nSPS) is 12.2. The van der Waals surface area contributed by atoms with Gasteiger partial charge >= 0.3 is 5.97 Å². The lowest BCUT2D eigenvalue weighted by atomic mass is 10.2. The van der Waals surface area contributed by atoms with Crippen LogP contribution in [0, 0.1) is 0 Å². The summed E-state index contributed by atoms with van der Waals surface area (Å²) in [7, 11) is 0. The molecule has 0 aliphatic carbocycles. The van der Waals surface area contributed by atoms with Crippen molar-refractivity contribution in [3.63, 3.8) is 0 Å². The highest BCUT2D eigenvalue weighted by molar-refractivity contribution is 5.80. The minimum Gasteiger partial charge on any atom is -0.481 e. The smallest absolute Gasteiger partial charge is 0.303 e. The Kier molecular flexibility index (Phi) is 4.10. The van der Waals surface area contributed by atoms with E-state index in [1.807, 2.05) is 71.4 Å². The molecule has 3 aromatic rings. The number of ether oxygens (including phenoxy) is 1. The molecule has 4 nitrogen and oxygen atoms in total. The van der Waals surface area contributed by atoms with Crippen LogP contribution in [0.1, 0.15) is 19.1 Å². The van der Waals surface area contributed by atoms with E-state index in [9.17, 15) is 4.79 Å². The molecule has 0 aliphatic rings. The van der Waals surface area contributed by atoms with Gasteiger partial charge in [-0.05, 0) is 29.7 Å². The second-order valence-electron chi connectivity index (χ2n) is 5.10. The first-order chi connectivity index (χ1) is 10.7. The molecule has 0 radical (unpaired) electrons. The number of rotatable bonds is 6. The molecule has 0 aliphatic heterocycles. The zero-order chi connectivity index (χ0) is 15.4. The summed E-state index contributed by atoms with van der Waals surface area (Å²) >= 11 is 0. The minimum atomic E-state index is -0.821. The maximum absolute atomic E-state index is 10.9. The van der Waals surface area contributed by atoms with Crippen LogP contribution in [0.5, 0.6) is 5.75 Å². The third-order valence-electron chi connectivity index (χ3n) is 3.56. The molecule has 22 heavy (non-hydrogen) atoms. The van der Waals surface area contributed by atoms with Crippen LogP contribution in [0.25, 0.3) is 10.9 Å². The topological polar surface area (TPSA) is 51.5 Å². The fourth-order valence-electron chi connectivity index (χ4n) is 2.51. The average molecular weight is 295 g/mol. The van der Waals surface area contributed by atoms with Crippen molar-refractivity contribution in [2.45, 2.75) is 19.1 Å². The highest BCUT2D eigenvalue weighted by Crippen LogP contribution is 2.26. The van der Waals surface area contributed by atoms with E-state index in [-0.39, 0.29) is 12.6 Å². The van der Waals surface area contributed by atoms with Crippen molar-refractivity contribution >= 4 is 16.9 Å². The van der Waals surface area contributed by atoms with Gasteiger partial charge in [-0.15, -0.1) is 0 Å². The molecular weight excluding hydrogens is 278 g/mol. The van der Waals surface area contributed by atoms with Crippen molar-refractivity contribution in [3.8, 4) is 5.75 Å². The van der Waals surface area contributed by atoms with Crippen molar-refractivity contribution in [2.24, 2.45) is 0 Å². The molecular formula is C18H17NO3. The van der Waals surface area contributed by atoms with E-state index in [1.165, 1.54) is 0 Å². The highest BCUT2D eigenvalue weighted by Gasteiger charge is 2.16. The molecule has 3 rings (SSSR count). The number of fused-ring (bicyclic) bond motifs is 1. The Labute approximate surface area is 128 Å². The highest BCUT2D eigenvalue weighted by atomic mass is 16.5. The SMILES string of the molecule is O=C(O)CCC(Oc1ccccc1)n1ccc2ccccc21. The summed E-state index contributed by atoms with van der Waals surface area (Å²) in [5, 5.41) is 10.1. The number of aliphatic carboxylic acids is 1. The predicted molar refractivity (Wildman–Crippen MR) is 84.9 cm³/mol. The van der Waals surface area contributed by atoms with Crippen LogP contribution in [-0.4, -0.2) is 15.6 Å². The zero-order valence-electron chi connectivity index (χ0n) is 12.1. The number of hydrogen-bond acceptors (Lipinski definition) is 2. The van der Waals surface area contributed by atoms with Gasteiger partial charge in [-0.2, -0.15) is 0 Å². The molecule has 0 saturated carbocycles. The number of hydrogen-bond donors (Lipinski definition) is 1. The quantitative estimate of drug-likeness (QED) is 0.745. The van der Waals surface area contributed by atoms with Gasteiger partial charge in [0.2, 0.25) is 0 Å². The number of carbonyl (C=O) groups is 1. The summed E-state index contributed by atoms with van der Waals surface area (Å²) in [6.07, 6.45) is 2.06. The molecule has 0 saturated heterocycles. The van der Waals surface area contributed by atoms with Crippen LogP contribution in [0.15, 0.2) is 66.9 Å². The number of carboxylic acid groups (broad SMARTS) is 1. The first-order valence-electron chi connectivity index (χ1n) is 7.23. The molecule has 1 atom stereocenters. The Bertz CT molecular complexity index is 764. The van der Waals surface area contributed by atoms with Crippen molar-refractivity contribution in [1.29, 1.82) is 0 Å². The van der Waals surface area contributed by atoms with Gasteiger partial charge in [0, 0.05) is 12.6 Å². The molecule has 112 valence electrons.